The zero-order chi connectivity index (χ0) is 14.8. The van der Waals surface area contributed by atoms with Gasteiger partial charge in [-0.3, -0.25) is 14.9 Å². The fraction of sp³-hybridized carbons (Fsp3) is 0.438. The van der Waals surface area contributed by atoms with E-state index in [-0.39, 0.29) is 5.91 Å². The fourth-order valence-electron chi connectivity index (χ4n) is 3.36. The monoisotopic (exact) mass is 288 g/mol. The summed E-state index contributed by atoms with van der Waals surface area (Å²) in [7, 11) is 1.66. The highest BCUT2D eigenvalue weighted by Crippen LogP contribution is 2.37. The highest BCUT2D eigenvalue weighted by Gasteiger charge is 2.38. The van der Waals surface area contributed by atoms with Crippen LogP contribution in [0, 0.1) is 5.92 Å². The van der Waals surface area contributed by atoms with E-state index >= 15 is 0 Å². The molecule has 5 heteroatoms. The third-order valence-electron chi connectivity index (χ3n) is 4.48. The molecular weight excluding hydrogens is 268 g/mol. The van der Waals surface area contributed by atoms with Gasteiger partial charge in [-0.25, -0.2) is 5.48 Å². The number of carbonyl (C=O) groups excluding carboxylic acids is 1. The van der Waals surface area contributed by atoms with Gasteiger partial charge < -0.3 is 4.74 Å². The van der Waals surface area contributed by atoms with Crippen LogP contribution in [0.5, 0.6) is 5.75 Å². The minimum atomic E-state index is -0.367. The number of amides is 1. The van der Waals surface area contributed by atoms with Crippen molar-refractivity contribution in [1.82, 2.24) is 10.4 Å². The van der Waals surface area contributed by atoms with Crippen LogP contribution in [0.2, 0.25) is 0 Å². The molecule has 2 aliphatic rings. The SMILES string of the molecule is COc1ccc(CN2CCC3CC(C(=O)NO)=CC32)cc1. The average Bonchev–Trinajstić information content (AvgIpc) is 3.09. The van der Waals surface area contributed by atoms with Crippen LogP contribution in [-0.2, 0) is 11.3 Å². The predicted molar refractivity (Wildman–Crippen MR) is 77.9 cm³/mol. The van der Waals surface area contributed by atoms with Crippen molar-refractivity contribution in [3.63, 3.8) is 0 Å². The minimum Gasteiger partial charge on any atom is -0.497 e. The summed E-state index contributed by atoms with van der Waals surface area (Å²) >= 11 is 0. The van der Waals surface area contributed by atoms with Gasteiger partial charge in [0.25, 0.3) is 5.91 Å². The molecule has 112 valence electrons. The van der Waals surface area contributed by atoms with Crippen LogP contribution in [0.25, 0.3) is 0 Å². The van der Waals surface area contributed by atoms with Crippen LogP contribution >= 0.6 is 0 Å². The van der Waals surface area contributed by atoms with E-state index in [2.05, 4.69) is 17.0 Å². The van der Waals surface area contributed by atoms with Crippen LogP contribution < -0.4 is 10.2 Å². The summed E-state index contributed by atoms with van der Waals surface area (Å²) in [6, 6.07) is 8.40. The molecule has 0 aromatic heterocycles. The molecule has 2 N–H and O–H groups in total. The Morgan fingerprint density at radius 3 is 2.86 bits per heavy atom. The summed E-state index contributed by atoms with van der Waals surface area (Å²) < 4.78 is 5.17. The lowest BCUT2D eigenvalue weighted by molar-refractivity contribution is -0.125. The van der Waals surface area contributed by atoms with Gasteiger partial charge in [0.05, 0.1) is 7.11 Å². The number of methoxy groups -OCH3 is 1. The van der Waals surface area contributed by atoms with Crippen LogP contribution in [0.1, 0.15) is 18.4 Å². The predicted octanol–water partition coefficient (Wildman–Crippen LogP) is 1.72. The highest BCUT2D eigenvalue weighted by molar-refractivity contribution is 5.93. The van der Waals surface area contributed by atoms with Crippen molar-refractivity contribution in [3.05, 3.63) is 41.5 Å². The van der Waals surface area contributed by atoms with Crippen molar-refractivity contribution in [2.24, 2.45) is 5.92 Å². The number of benzene rings is 1. The summed E-state index contributed by atoms with van der Waals surface area (Å²) in [6.07, 6.45) is 3.86. The lowest BCUT2D eigenvalue weighted by atomic mass is 10.0. The molecule has 1 fully saturated rings. The van der Waals surface area contributed by atoms with Crippen molar-refractivity contribution >= 4 is 5.91 Å². The number of ether oxygens (including phenoxy) is 1. The fourth-order valence-corrected chi connectivity index (χ4v) is 3.36. The first-order chi connectivity index (χ1) is 10.2. The third kappa shape index (κ3) is 2.80. The molecular formula is C16H20N2O3. The standard InChI is InChI=1S/C16H20N2O3/c1-21-14-4-2-11(3-5-14)10-18-7-6-12-8-13(9-15(12)18)16(19)17-20/h2-5,9,12,15,20H,6-8,10H2,1H3,(H,17,19). The lowest BCUT2D eigenvalue weighted by Crippen LogP contribution is -2.28. The second-order valence-electron chi connectivity index (χ2n) is 5.69. The zero-order valence-corrected chi connectivity index (χ0v) is 12.1. The molecule has 1 aliphatic heterocycles. The number of fused-ring (bicyclic) bond motifs is 1. The van der Waals surface area contributed by atoms with E-state index in [1.807, 2.05) is 18.2 Å². The largest absolute Gasteiger partial charge is 0.497 e. The lowest BCUT2D eigenvalue weighted by Gasteiger charge is -2.22. The molecule has 1 aromatic rings. The number of hydrogen-bond acceptors (Lipinski definition) is 4. The maximum absolute atomic E-state index is 11.5. The molecule has 21 heavy (non-hydrogen) atoms. The Labute approximate surface area is 124 Å². The Kier molecular flexibility index (Phi) is 3.94. The Morgan fingerprint density at radius 2 is 2.19 bits per heavy atom. The van der Waals surface area contributed by atoms with Crippen LogP contribution in [0.4, 0.5) is 0 Å². The molecule has 5 nitrogen and oxygen atoms in total. The van der Waals surface area contributed by atoms with Gasteiger partial charge in [-0.05, 0) is 43.0 Å². The van der Waals surface area contributed by atoms with Crippen molar-refractivity contribution in [1.29, 1.82) is 0 Å². The normalized spacial score (nSPS) is 24.6. The molecule has 0 radical (unpaired) electrons. The highest BCUT2D eigenvalue weighted by atomic mass is 16.5. The number of nitrogens with one attached hydrogen (secondary N) is 1. The summed E-state index contributed by atoms with van der Waals surface area (Å²) in [6.45, 7) is 1.92. The molecule has 1 heterocycles. The van der Waals surface area contributed by atoms with Gasteiger partial charge >= 0.3 is 0 Å². The number of hydroxylamine groups is 1. The smallest absolute Gasteiger partial charge is 0.270 e. The van der Waals surface area contributed by atoms with E-state index in [0.717, 1.165) is 31.7 Å². The van der Waals surface area contributed by atoms with Crippen molar-refractivity contribution in [2.75, 3.05) is 13.7 Å². The number of likely N-dealkylation sites (tertiary alicyclic amines) is 1. The van der Waals surface area contributed by atoms with E-state index in [4.69, 9.17) is 9.94 Å². The van der Waals surface area contributed by atoms with Gasteiger partial charge in [0, 0.05) is 18.2 Å². The molecule has 0 spiro atoms. The molecule has 0 saturated carbocycles. The van der Waals surface area contributed by atoms with Gasteiger partial charge in [0.2, 0.25) is 0 Å². The Balaban J connectivity index is 1.69. The van der Waals surface area contributed by atoms with Crippen LogP contribution in [0.3, 0.4) is 0 Å². The maximum Gasteiger partial charge on any atom is 0.270 e. The van der Waals surface area contributed by atoms with Gasteiger partial charge in [0.15, 0.2) is 0 Å². The molecule has 1 aromatic carbocycles. The molecule has 0 bridgehead atoms. The van der Waals surface area contributed by atoms with Crippen LogP contribution in [0.15, 0.2) is 35.9 Å². The first kappa shape index (κ1) is 14.1. The molecule has 2 unspecified atom stereocenters. The Hall–Kier alpha value is -1.85. The van der Waals surface area contributed by atoms with E-state index in [0.29, 0.717) is 17.5 Å². The third-order valence-corrected chi connectivity index (χ3v) is 4.48. The number of nitrogens with zero attached hydrogens (tertiary/aromatic N) is 1. The Morgan fingerprint density at radius 1 is 1.43 bits per heavy atom. The molecule has 1 saturated heterocycles. The number of rotatable bonds is 4. The van der Waals surface area contributed by atoms with Gasteiger partial charge in [0.1, 0.15) is 5.75 Å². The van der Waals surface area contributed by atoms with Crippen molar-refractivity contribution in [3.8, 4) is 5.75 Å². The molecule has 1 amide bonds. The summed E-state index contributed by atoms with van der Waals surface area (Å²) in [5, 5.41) is 8.74. The van der Waals surface area contributed by atoms with Crippen molar-refractivity contribution < 1.29 is 14.7 Å². The second-order valence-corrected chi connectivity index (χ2v) is 5.69. The number of carbonyl (C=O) groups is 1. The van der Waals surface area contributed by atoms with Crippen molar-refractivity contribution in [2.45, 2.75) is 25.4 Å². The zero-order valence-electron chi connectivity index (χ0n) is 12.1. The summed E-state index contributed by atoms with van der Waals surface area (Å²) in [4.78, 5) is 13.9. The average molecular weight is 288 g/mol. The Bertz CT molecular complexity index is 553. The number of hydrogen-bond donors (Lipinski definition) is 2. The second kappa shape index (κ2) is 5.87. The molecule has 2 atom stereocenters. The van der Waals surface area contributed by atoms with E-state index in [9.17, 15) is 4.79 Å². The van der Waals surface area contributed by atoms with E-state index < -0.39 is 0 Å². The maximum atomic E-state index is 11.5. The van der Waals surface area contributed by atoms with E-state index in [1.165, 1.54) is 5.56 Å². The quantitative estimate of drug-likeness (QED) is 0.654. The van der Waals surface area contributed by atoms with Gasteiger partial charge in [-0.1, -0.05) is 18.2 Å². The first-order valence-corrected chi connectivity index (χ1v) is 7.23. The van der Waals surface area contributed by atoms with E-state index in [1.54, 1.807) is 12.6 Å². The van der Waals surface area contributed by atoms with Crippen LogP contribution in [-0.4, -0.2) is 35.7 Å². The summed E-state index contributed by atoms with van der Waals surface area (Å²) in [5.41, 5.74) is 3.68. The summed E-state index contributed by atoms with van der Waals surface area (Å²) in [5.74, 6) is 0.991. The van der Waals surface area contributed by atoms with Gasteiger partial charge in [-0.15, -0.1) is 0 Å². The molecule has 3 rings (SSSR count). The minimum absolute atomic E-state index is 0.305. The topological polar surface area (TPSA) is 61.8 Å². The van der Waals surface area contributed by atoms with Gasteiger partial charge in [-0.2, -0.15) is 0 Å². The molecule has 1 aliphatic carbocycles. The first-order valence-electron chi connectivity index (χ1n) is 7.23.